The number of hydrogen-bond donors (Lipinski definition) is 2. The molecule has 23 heavy (non-hydrogen) atoms. The van der Waals surface area contributed by atoms with Gasteiger partial charge in [0, 0.05) is 6.42 Å². The van der Waals surface area contributed by atoms with E-state index in [1.807, 2.05) is 0 Å². The van der Waals surface area contributed by atoms with Crippen molar-refractivity contribution in [2.24, 2.45) is 5.92 Å². The van der Waals surface area contributed by atoms with Gasteiger partial charge in [0.05, 0.1) is 12.2 Å². The van der Waals surface area contributed by atoms with Crippen molar-refractivity contribution >= 4 is 22.4 Å². The van der Waals surface area contributed by atoms with E-state index in [1.165, 1.54) is 11.3 Å². The second-order valence-corrected chi connectivity index (χ2v) is 7.18. The summed E-state index contributed by atoms with van der Waals surface area (Å²) >= 11 is 1.40. The summed E-state index contributed by atoms with van der Waals surface area (Å²) < 4.78 is 1.79. The molecule has 0 radical (unpaired) electrons. The van der Waals surface area contributed by atoms with Crippen LogP contribution in [0.15, 0.2) is 6.20 Å². The van der Waals surface area contributed by atoms with Crippen molar-refractivity contribution in [2.45, 2.75) is 39.2 Å². The zero-order chi connectivity index (χ0) is 16.2. The molecule has 0 unspecified atom stereocenters. The van der Waals surface area contributed by atoms with Crippen LogP contribution in [0.25, 0.3) is 0 Å². The fraction of sp³-hybridized carbons (Fsp3) is 0.643. The van der Waals surface area contributed by atoms with Gasteiger partial charge in [-0.05, 0) is 31.8 Å². The number of hydrogen-bond acceptors (Lipinski definition) is 7. The van der Waals surface area contributed by atoms with Crippen LogP contribution in [0, 0.1) is 5.92 Å². The molecule has 8 nitrogen and oxygen atoms in total. The lowest BCUT2D eigenvalue weighted by molar-refractivity contribution is 0.102. The predicted octanol–water partition coefficient (Wildman–Crippen LogP) is 1.50. The van der Waals surface area contributed by atoms with E-state index in [9.17, 15) is 4.79 Å². The second kappa shape index (κ2) is 7.14. The molecule has 124 valence electrons. The Morgan fingerprint density at radius 3 is 2.91 bits per heavy atom. The average molecular weight is 335 g/mol. The Balaban J connectivity index is 1.62. The number of carbonyl (C=O) groups is 1. The molecule has 1 fully saturated rings. The van der Waals surface area contributed by atoms with Crippen LogP contribution in [0.2, 0.25) is 0 Å². The molecule has 0 aliphatic carbocycles. The first-order chi connectivity index (χ1) is 11.1. The molecule has 2 aromatic rings. The summed E-state index contributed by atoms with van der Waals surface area (Å²) in [5, 5.41) is 23.6. The number of nitrogens with one attached hydrogen (secondary N) is 2. The third kappa shape index (κ3) is 4.11. The number of nitrogens with zero attached hydrogens (tertiary/aromatic N) is 5. The Bertz CT molecular complexity index is 660. The Morgan fingerprint density at radius 1 is 1.39 bits per heavy atom. The second-order valence-electron chi connectivity index (χ2n) is 6.12. The van der Waals surface area contributed by atoms with E-state index >= 15 is 0 Å². The summed E-state index contributed by atoms with van der Waals surface area (Å²) in [6, 6.07) is 0.310. The molecule has 0 spiro atoms. The van der Waals surface area contributed by atoms with E-state index in [0.29, 0.717) is 22.8 Å². The van der Waals surface area contributed by atoms with Gasteiger partial charge in [-0.15, -0.1) is 15.3 Å². The van der Waals surface area contributed by atoms with Crippen molar-refractivity contribution in [1.82, 2.24) is 30.5 Å². The van der Waals surface area contributed by atoms with Gasteiger partial charge >= 0.3 is 0 Å². The van der Waals surface area contributed by atoms with Gasteiger partial charge in [0.2, 0.25) is 5.13 Å². The van der Waals surface area contributed by atoms with E-state index < -0.39 is 0 Å². The lowest BCUT2D eigenvalue weighted by atomic mass is 10.1. The molecule has 2 N–H and O–H groups in total. The molecule has 3 heterocycles. The monoisotopic (exact) mass is 335 g/mol. The molecule has 0 bridgehead atoms. The summed E-state index contributed by atoms with van der Waals surface area (Å²) in [6.07, 6.45) is 4.57. The van der Waals surface area contributed by atoms with E-state index in [1.54, 1.807) is 10.9 Å². The van der Waals surface area contributed by atoms with Gasteiger partial charge in [-0.2, -0.15) is 0 Å². The summed E-state index contributed by atoms with van der Waals surface area (Å²) in [5.74, 6) is 0.216. The highest BCUT2D eigenvalue weighted by molar-refractivity contribution is 7.15. The number of piperidine rings is 1. The first kappa shape index (κ1) is 16.0. The number of amides is 1. The fourth-order valence-corrected chi connectivity index (χ4v) is 3.47. The molecule has 0 saturated carbocycles. The van der Waals surface area contributed by atoms with Crippen molar-refractivity contribution in [3.8, 4) is 0 Å². The van der Waals surface area contributed by atoms with Crippen LogP contribution in [0.4, 0.5) is 5.13 Å². The van der Waals surface area contributed by atoms with Gasteiger partial charge in [-0.1, -0.05) is 30.4 Å². The Morgan fingerprint density at radius 2 is 2.17 bits per heavy atom. The SMILES string of the molecule is CC(C)Cc1nnc(NC(=O)c2cn(C3CCNCC3)nn2)s1. The summed E-state index contributed by atoms with van der Waals surface area (Å²) in [7, 11) is 0. The van der Waals surface area contributed by atoms with E-state index in [0.717, 1.165) is 37.4 Å². The first-order valence-corrected chi connectivity index (χ1v) is 8.69. The number of rotatable bonds is 5. The van der Waals surface area contributed by atoms with Crippen LogP contribution >= 0.6 is 11.3 Å². The zero-order valence-corrected chi connectivity index (χ0v) is 14.1. The molecule has 1 saturated heterocycles. The predicted molar refractivity (Wildman–Crippen MR) is 87.6 cm³/mol. The van der Waals surface area contributed by atoms with Crippen molar-refractivity contribution < 1.29 is 4.79 Å². The van der Waals surface area contributed by atoms with Gasteiger partial charge in [-0.3, -0.25) is 10.1 Å². The Kier molecular flexibility index (Phi) is 4.97. The third-order valence-corrected chi connectivity index (χ3v) is 4.56. The molecule has 2 aromatic heterocycles. The highest BCUT2D eigenvalue weighted by Crippen LogP contribution is 2.20. The quantitative estimate of drug-likeness (QED) is 0.859. The van der Waals surface area contributed by atoms with Crippen LogP contribution in [-0.2, 0) is 6.42 Å². The molecule has 3 rings (SSSR count). The summed E-state index contributed by atoms with van der Waals surface area (Å²) in [5.41, 5.74) is 0.309. The van der Waals surface area contributed by atoms with E-state index in [-0.39, 0.29) is 5.91 Å². The van der Waals surface area contributed by atoms with Crippen molar-refractivity contribution in [2.75, 3.05) is 18.4 Å². The molecule has 0 aromatic carbocycles. The average Bonchev–Trinajstić information content (AvgIpc) is 3.17. The molecular formula is C14H21N7OS. The maximum absolute atomic E-state index is 12.2. The molecular weight excluding hydrogens is 314 g/mol. The number of carbonyl (C=O) groups excluding carboxylic acids is 1. The topological polar surface area (TPSA) is 97.6 Å². The molecule has 1 aliphatic heterocycles. The van der Waals surface area contributed by atoms with Crippen LogP contribution < -0.4 is 10.6 Å². The molecule has 0 atom stereocenters. The maximum Gasteiger partial charge on any atom is 0.279 e. The van der Waals surface area contributed by atoms with Crippen LogP contribution in [0.3, 0.4) is 0 Å². The maximum atomic E-state index is 12.2. The van der Waals surface area contributed by atoms with Gasteiger partial charge in [-0.25, -0.2) is 4.68 Å². The van der Waals surface area contributed by atoms with Crippen molar-refractivity contribution in [3.63, 3.8) is 0 Å². The van der Waals surface area contributed by atoms with Crippen molar-refractivity contribution in [3.05, 3.63) is 16.9 Å². The van der Waals surface area contributed by atoms with Gasteiger partial charge in [0.15, 0.2) is 5.69 Å². The molecule has 9 heteroatoms. The lowest BCUT2D eigenvalue weighted by Crippen LogP contribution is -2.29. The Hall–Kier alpha value is -1.87. The van der Waals surface area contributed by atoms with E-state index in [4.69, 9.17) is 0 Å². The highest BCUT2D eigenvalue weighted by Gasteiger charge is 2.19. The minimum atomic E-state index is -0.294. The normalized spacial score (nSPS) is 16.0. The largest absolute Gasteiger partial charge is 0.317 e. The van der Waals surface area contributed by atoms with Gasteiger partial charge < -0.3 is 5.32 Å². The van der Waals surface area contributed by atoms with Crippen LogP contribution in [-0.4, -0.2) is 44.2 Å². The minimum Gasteiger partial charge on any atom is -0.317 e. The highest BCUT2D eigenvalue weighted by atomic mass is 32.1. The summed E-state index contributed by atoms with van der Waals surface area (Å²) in [4.78, 5) is 12.2. The lowest BCUT2D eigenvalue weighted by Gasteiger charge is -2.21. The third-order valence-electron chi connectivity index (χ3n) is 3.70. The molecule has 1 amide bonds. The summed E-state index contributed by atoms with van der Waals surface area (Å²) in [6.45, 7) is 6.18. The van der Waals surface area contributed by atoms with Gasteiger partial charge in [0.1, 0.15) is 5.01 Å². The number of aromatic nitrogens is 5. The Labute approximate surface area is 138 Å². The van der Waals surface area contributed by atoms with Crippen LogP contribution in [0.1, 0.15) is 48.2 Å². The van der Waals surface area contributed by atoms with Gasteiger partial charge in [0.25, 0.3) is 5.91 Å². The standard InChI is InChI=1S/C14H21N7OS/c1-9(2)7-12-18-19-14(23-12)16-13(22)11-8-21(20-17-11)10-3-5-15-6-4-10/h8-10,15H,3-7H2,1-2H3,(H,16,19,22). The fourth-order valence-electron chi connectivity index (χ4n) is 2.53. The minimum absolute atomic E-state index is 0.294. The zero-order valence-electron chi connectivity index (χ0n) is 13.3. The first-order valence-electron chi connectivity index (χ1n) is 7.88. The van der Waals surface area contributed by atoms with Crippen molar-refractivity contribution in [1.29, 1.82) is 0 Å². The van der Waals surface area contributed by atoms with E-state index in [2.05, 4.69) is 45.0 Å². The van der Waals surface area contributed by atoms with Crippen LogP contribution in [0.5, 0.6) is 0 Å². The number of anilines is 1. The smallest absolute Gasteiger partial charge is 0.279 e. The molecule has 1 aliphatic rings.